The van der Waals surface area contributed by atoms with Crippen molar-refractivity contribution >= 4 is 17.9 Å². The zero-order valence-electron chi connectivity index (χ0n) is 47.8. The van der Waals surface area contributed by atoms with Crippen LogP contribution in [0.1, 0.15) is 374 Å². The molecule has 0 rings (SSSR count). The number of carbonyl (C=O) groups is 3. The molecule has 0 aromatic carbocycles. The van der Waals surface area contributed by atoms with Crippen molar-refractivity contribution in [3.05, 3.63) is 0 Å². The van der Waals surface area contributed by atoms with E-state index in [0.717, 1.165) is 57.8 Å². The highest BCUT2D eigenvalue weighted by Crippen LogP contribution is 2.19. The highest BCUT2D eigenvalue weighted by molar-refractivity contribution is 5.71. The number of ether oxygens (including phenoxy) is 3. The Morgan fingerprint density at radius 2 is 0.386 bits per heavy atom. The standard InChI is InChI=1S/C64H124O6/c1-4-7-10-13-16-19-21-23-25-27-29-30-31-32-33-34-35-37-38-40-42-45-48-51-54-57-63(66)69-60-61(59-68-62(65)56-53-50-47-44-18-15-12-9-6-3)70-64(67)58-55-52-49-46-43-41-39-36-28-26-24-22-20-17-14-11-8-5-2/h61H,4-60H2,1-3H3. The fraction of sp³-hybridized carbons (Fsp3) is 0.953. The van der Waals surface area contributed by atoms with Gasteiger partial charge in [-0.15, -0.1) is 0 Å². The lowest BCUT2D eigenvalue weighted by Crippen LogP contribution is -2.30. The second kappa shape index (κ2) is 60.0. The number of hydrogen-bond acceptors (Lipinski definition) is 6. The fourth-order valence-electron chi connectivity index (χ4n) is 10.0. The minimum atomic E-state index is -0.761. The van der Waals surface area contributed by atoms with Gasteiger partial charge < -0.3 is 14.2 Å². The van der Waals surface area contributed by atoms with Crippen molar-refractivity contribution in [1.82, 2.24) is 0 Å². The van der Waals surface area contributed by atoms with Gasteiger partial charge in [-0.3, -0.25) is 14.4 Å². The Kier molecular flexibility index (Phi) is 58.6. The molecule has 0 N–H and O–H groups in total. The molecule has 70 heavy (non-hydrogen) atoms. The molecule has 0 aromatic heterocycles. The second-order valence-electron chi connectivity index (χ2n) is 22.1. The van der Waals surface area contributed by atoms with Gasteiger partial charge in [0.2, 0.25) is 0 Å². The van der Waals surface area contributed by atoms with Crippen LogP contribution in [-0.4, -0.2) is 37.2 Å². The molecule has 0 spiro atoms. The smallest absolute Gasteiger partial charge is 0.306 e. The molecule has 1 atom stereocenters. The molecule has 1 unspecified atom stereocenters. The Morgan fingerprint density at radius 1 is 0.229 bits per heavy atom. The summed E-state index contributed by atoms with van der Waals surface area (Å²) >= 11 is 0. The summed E-state index contributed by atoms with van der Waals surface area (Å²) in [6.07, 6.45) is 68.4. The second-order valence-corrected chi connectivity index (χ2v) is 22.1. The van der Waals surface area contributed by atoms with Crippen LogP contribution in [0.15, 0.2) is 0 Å². The summed E-state index contributed by atoms with van der Waals surface area (Å²) in [5.74, 6) is -0.832. The molecule has 0 heterocycles. The molecule has 0 aliphatic rings. The lowest BCUT2D eigenvalue weighted by atomic mass is 10.0. The van der Waals surface area contributed by atoms with Gasteiger partial charge in [0.25, 0.3) is 0 Å². The van der Waals surface area contributed by atoms with E-state index in [2.05, 4.69) is 20.8 Å². The van der Waals surface area contributed by atoms with Crippen LogP contribution in [0, 0.1) is 0 Å². The average Bonchev–Trinajstić information content (AvgIpc) is 3.36. The van der Waals surface area contributed by atoms with Crippen molar-refractivity contribution in [3.63, 3.8) is 0 Å². The van der Waals surface area contributed by atoms with E-state index < -0.39 is 6.10 Å². The van der Waals surface area contributed by atoms with Gasteiger partial charge in [0.15, 0.2) is 6.10 Å². The van der Waals surface area contributed by atoms with Crippen molar-refractivity contribution in [1.29, 1.82) is 0 Å². The van der Waals surface area contributed by atoms with Gasteiger partial charge in [-0.2, -0.15) is 0 Å². The number of rotatable bonds is 60. The summed E-state index contributed by atoms with van der Waals surface area (Å²) < 4.78 is 16.9. The number of unbranched alkanes of at least 4 members (excludes halogenated alkanes) is 49. The average molecular weight is 990 g/mol. The van der Waals surface area contributed by atoms with Gasteiger partial charge in [0, 0.05) is 19.3 Å². The van der Waals surface area contributed by atoms with E-state index in [9.17, 15) is 14.4 Å². The highest BCUT2D eigenvalue weighted by Gasteiger charge is 2.19. The molecule has 0 bridgehead atoms. The van der Waals surface area contributed by atoms with E-state index in [4.69, 9.17) is 14.2 Å². The van der Waals surface area contributed by atoms with Crippen LogP contribution in [0.4, 0.5) is 0 Å². The Morgan fingerprint density at radius 3 is 0.571 bits per heavy atom. The van der Waals surface area contributed by atoms with E-state index in [1.54, 1.807) is 0 Å². The summed E-state index contributed by atoms with van der Waals surface area (Å²) in [6.45, 7) is 6.70. The third kappa shape index (κ3) is 57.3. The van der Waals surface area contributed by atoms with E-state index in [-0.39, 0.29) is 31.1 Å². The van der Waals surface area contributed by atoms with Crippen LogP contribution in [0.5, 0.6) is 0 Å². The molecule has 0 aliphatic heterocycles. The third-order valence-electron chi connectivity index (χ3n) is 14.9. The maximum atomic E-state index is 12.9. The van der Waals surface area contributed by atoms with Crippen molar-refractivity contribution in [2.45, 2.75) is 380 Å². The van der Waals surface area contributed by atoms with Gasteiger partial charge in [-0.05, 0) is 19.3 Å². The zero-order chi connectivity index (χ0) is 50.7. The van der Waals surface area contributed by atoms with Crippen LogP contribution in [0.3, 0.4) is 0 Å². The minimum Gasteiger partial charge on any atom is -0.462 e. The van der Waals surface area contributed by atoms with Crippen molar-refractivity contribution in [2.75, 3.05) is 13.2 Å². The molecular formula is C64H124O6. The maximum Gasteiger partial charge on any atom is 0.306 e. The number of carbonyl (C=O) groups excluding carboxylic acids is 3. The van der Waals surface area contributed by atoms with Crippen LogP contribution >= 0.6 is 0 Å². The molecule has 6 heteroatoms. The zero-order valence-corrected chi connectivity index (χ0v) is 47.8. The van der Waals surface area contributed by atoms with Crippen LogP contribution in [0.25, 0.3) is 0 Å². The maximum absolute atomic E-state index is 12.9. The largest absolute Gasteiger partial charge is 0.462 e. The first-order chi connectivity index (χ1) is 34.5. The lowest BCUT2D eigenvalue weighted by Gasteiger charge is -2.18. The monoisotopic (exact) mass is 989 g/mol. The summed E-state index contributed by atoms with van der Waals surface area (Å²) in [6, 6.07) is 0. The molecule has 0 saturated carbocycles. The molecular weight excluding hydrogens is 865 g/mol. The van der Waals surface area contributed by atoms with E-state index in [1.807, 2.05) is 0 Å². The first-order valence-corrected chi connectivity index (χ1v) is 32.0. The minimum absolute atomic E-state index is 0.0611. The van der Waals surface area contributed by atoms with E-state index in [0.29, 0.717) is 19.3 Å². The fourth-order valence-corrected chi connectivity index (χ4v) is 10.0. The topological polar surface area (TPSA) is 78.9 Å². The predicted molar refractivity (Wildman–Crippen MR) is 303 cm³/mol. The van der Waals surface area contributed by atoms with E-state index in [1.165, 1.54) is 276 Å². The van der Waals surface area contributed by atoms with Crippen LogP contribution < -0.4 is 0 Å². The third-order valence-corrected chi connectivity index (χ3v) is 14.9. The Hall–Kier alpha value is -1.59. The predicted octanol–water partition coefficient (Wildman–Crippen LogP) is 21.5. The molecule has 6 nitrogen and oxygen atoms in total. The lowest BCUT2D eigenvalue weighted by molar-refractivity contribution is -0.167. The molecule has 0 radical (unpaired) electrons. The number of hydrogen-bond donors (Lipinski definition) is 0. The van der Waals surface area contributed by atoms with Gasteiger partial charge in [-0.1, -0.05) is 335 Å². The molecule has 0 saturated heterocycles. The van der Waals surface area contributed by atoms with Crippen LogP contribution in [0.2, 0.25) is 0 Å². The van der Waals surface area contributed by atoms with Crippen molar-refractivity contribution in [3.8, 4) is 0 Å². The SMILES string of the molecule is CCCCCCCCCCCCCCCCCCCCCCCCCCCC(=O)OCC(COC(=O)CCCCCCCCCCC)OC(=O)CCCCCCCCCCCCCCCCCCCC. The van der Waals surface area contributed by atoms with Gasteiger partial charge in [0.05, 0.1) is 0 Å². The molecule has 0 amide bonds. The quantitative estimate of drug-likeness (QED) is 0.0343. The summed E-state index contributed by atoms with van der Waals surface area (Å²) in [7, 11) is 0. The number of esters is 3. The molecule has 0 aromatic rings. The Balaban J connectivity index is 4.10. The Labute approximate surface area is 438 Å². The summed E-state index contributed by atoms with van der Waals surface area (Å²) in [5.41, 5.74) is 0. The van der Waals surface area contributed by atoms with E-state index >= 15 is 0 Å². The van der Waals surface area contributed by atoms with Gasteiger partial charge >= 0.3 is 17.9 Å². The first-order valence-electron chi connectivity index (χ1n) is 32.0. The highest BCUT2D eigenvalue weighted by atomic mass is 16.6. The van der Waals surface area contributed by atoms with Gasteiger partial charge in [-0.25, -0.2) is 0 Å². The molecule has 0 aliphatic carbocycles. The molecule has 416 valence electrons. The summed E-state index contributed by atoms with van der Waals surface area (Å²) in [5, 5.41) is 0. The summed E-state index contributed by atoms with van der Waals surface area (Å²) in [4.78, 5) is 38.1. The van der Waals surface area contributed by atoms with Gasteiger partial charge in [0.1, 0.15) is 13.2 Å². The van der Waals surface area contributed by atoms with Crippen LogP contribution in [-0.2, 0) is 28.6 Å². The Bertz CT molecular complexity index is 1040. The first kappa shape index (κ1) is 68.4. The molecule has 0 fully saturated rings. The normalized spacial score (nSPS) is 11.9. The van der Waals surface area contributed by atoms with Crippen molar-refractivity contribution < 1.29 is 28.6 Å². The van der Waals surface area contributed by atoms with Crippen molar-refractivity contribution in [2.24, 2.45) is 0 Å².